The van der Waals surface area contributed by atoms with Crippen LogP contribution in [-0.4, -0.2) is 60.8 Å². The van der Waals surface area contributed by atoms with Gasteiger partial charge in [-0.2, -0.15) is 4.98 Å². The number of anilines is 1. The van der Waals surface area contributed by atoms with Crippen molar-refractivity contribution in [1.29, 1.82) is 0 Å². The molecule has 1 saturated heterocycles. The number of nitrogens with zero attached hydrogens (tertiary/aromatic N) is 3. The number of pyridine rings is 1. The average Bonchev–Trinajstić information content (AvgIpc) is 3.31. The van der Waals surface area contributed by atoms with Crippen LogP contribution < -0.4 is 15.0 Å². The highest BCUT2D eigenvalue weighted by atomic mass is 19.1. The van der Waals surface area contributed by atoms with Gasteiger partial charge in [-0.05, 0) is 51.7 Å². The first-order valence-corrected chi connectivity index (χ1v) is 11.8. The molecule has 3 rings (SSSR count). The number of hydrogen-bond acceptors (Lipinski definition) is 6. The van der Waals surface area contributed by atoms with Crippen molar-refractivity contribution in [3.63, 3.8) is 0 Å². The first-order chi connectivity index (χ1) is 16.6. The Hall–Kier alpha value is -3.36. The Morgan fingerprint density at radius 2 is 1.97 bits per heavy atom. The standard InChI is InChI=1S/C26H35FN4O4/c1-26(2,3)35-25(33)31-14-9-12-21(31)23(32)28-17-19-16-20(27)22(29-24(19)34-5)30(4)15-13-18-10-7-6-8-11-18/h6-8,10-11,16,21H,9,12-15,17H2,1-5H3,(H,28,32)/t21-/m0/s1. The fraction of sp³-hybridized carbons (Fsp3) is 0.500. The molecule has 1 aromatic carbocycles. The molecular weight excluding hydrogens is 451 g/mol. The van der Waals surface area contributed by atoms with Crippen LogP contribution in [0.15, 0.2) is 36.4 Å². The number of carbonyl (C=O) groups excluding carboxylic acids is 2. The van der Waals surface area contributed by atoms with Crippen LogP contribution in [0.3, 0.4) is 0 Å². The lowest BCUT2D eigenvalue weighted by Crippen LogP contribution is -2.47. The number of aromatic nitrogens is 1. The smallest absolute Gasteiger partial charge is 0.410 e. The summed E-state index contributed by atoms with van der Waals surface area (Å²) < 4.78 is 25.8. The number of carbonyl (C=O) groups is 2. The molecule has 0 bridgehead atoms. The second kappa shape index (κ2) is 11.4. The molecule has 1 fully saturated rings. The van der Waals surface area contributed by atoms with E-state index in [2.05, 4.69) is 10.3 Å². The van der Waals surface area contributed by atoms with Crippen molar-refractivity contribution in [3.8, 4) is 5.88 Å². The van der Waals surface area contributed by atoms with Crippen LogP contribution in [0.2, 0.25) is 0 Å². The van der Waals surface area contributed by atoms with E-state index < -0.39 is 23.6 Å². The van der Waals surface area contributed by atoms with Gasteiger partial charge in [-0.25, -0.2) is 9.18 Å². The van der Waals surface area contributed by atoms with Gasteiger partial charge >= 0.3 is 6.09 Å². The van der Waals surface area contributed by atoms with Gasteiger partial charge in [0, 0.05) is 32.2 Å². The third-order valence-electron chi connectivity index (χ3n) is 5.77. The number of rotatable bonds is 8. The zero-order chi connectivity index (χ0) is 25.6. The van der Waals surface area contributed by atoms with Crippen molar-refractivity contribution in [2.24, 2.45) is 0 Å². The Morgan fingerprint density at radius 3 is 2.63 bits per heavy atom. The maximum atomic E-state index is 15.0. The van der Waals surface area contributed by atoms with Gasteiger partial charge < -0.3 is 19.7 Å². The molecule has 2 heterocycles. The lowest BCUT2D eigenvalue weighted by molar-refractivity contribution is -0.125. The summed E-state index contributed by atoms with van der Waals surface area (Å²) >= 11 is 0. The van der Waals surface area contributed by atoms with E-state index in [1.807, 2.05) is 30.3 Å². The average molecular weight is 487 g/mol. The highest BCUT2D eigenvalue weighted by molar-refractivity contribution is 5.86. The Balaban J connectivity index is 1.64. The molecule has 1 aliphatic rings. The molecule has 1 aliphatic heterocycles. The molecule has 190 valence electrons. The van der Waals surface area contributed by atoms with E-state index in [0.717, 1.165) is 12.0 Å². The molecule has 0 radical (unpaired) electrons. The van der Waals surface area contributed by atoms with Crippen molar-refractivity contribution < 1.29 is 23.5 Å². The van der Waals surface area contributed by atoms with E-state index in [0.29, 0.717) is 31.5 Å². The van der Waals surface area contributed by atoms with Crippen LogP contribution in [0.25, 0.3) is 0 Å². The lowest BCUT2D eigenvalue weighted by atomic mass is 10.1. The fourth-order valence-electron chi connectivity index (χ4n) is 4.00. The van der Waals surface area contributed by atoms with E-state index in [4.69, 9.17) is 9.47 Å². The quantitative estimate of drug-likeness (QED) is 0.609. The van der Waals surface area contributed by atoms with Gasteiger partial charge in [0.15, 0.2) is 11.6 Å². The number of benzene rings is 1. The highest BCUT2D eigenvalue weighted by Crippen LogP contribution is 2.25. The lowest BCUT2D eigenvalue weighted by Gasteiger charge is -2.28. The van der Waals surface area contributed by atoms with E-state index in [1.54, 1.807) is 32.7 Å². The number of hydrogen-bond donors (Lipinski definition) is 1. The number of halogens is 1. The summed E-state index contributed by atoms with van der Waals surface area (Å²) in [7, 11) is 3.24. The predicted octanol–water partition coefficient (Wildman–Crippen LogP) is 3.92. The molecule has 2 amide bonds. The summed E-state index contributed by atoms with van der Waals surface area (Å²) in [5.74, 6) is -0.398. The van der Waals surface area contributed by atoms with Crippen molar-refractivity contribution in [2.45, 2.75) is 58.2 Å². The van der Waals surface area contributed by atoms with E-state index in [1.165, 1.54) is 18.1 Å². The molecular formula is C26H35FN4O4. The van der Waals surface area contributed by atoms with Gasteiger partial charge in [0.05, 0.1) is 7.11 Å². The summed E-state index contributed by atoms with van der Waals surface area (Å²) in [4.78, 5) is 32.9. The van der Waals surface area contributed by atoms with Gasteiger partial charge in [-0.15, -0.1) is 0 Å². The fourth-order valence-corrected chi connectivity index (χ4v) is 4.00. The zero-order valence-corrected chi connectivity index (χ0v) is 21.1. The van der Waals surface area contributed by atoms with Gasteiger partial charge in [0.25, 0.3) is 0 Å². The number of nitrogens with one attached hydrogen (secondary N) is 1. The third-order valence-corrected chi connectivity index (χ3v) is 5.77. The minimum atomic E-state index is -0.646. The van der Waals surface area contributed by atoms with Gasteiger partial charge in [0.1, 0.15) is 11.6 Å². The second-order valence-electron chi connectivity index (χ2n) is 9.67. The number of amides is 2. The number of likely N-dealkylation sites (N-methyl/N-ethyl adjacent to an activating group) is 1. The largest absolute Gasteiger partial charge is 0.481 e. The molecule has 0 unspecified atom stereocenters. The summed E-state index contributed by atoms with van der Waals surface area (Å²) in [5.41, 5.74) is 0.923. The molecule has 0 spiro atoms. The monoisotopic (exact) mass is 486 g/mol. The zero-order valence-electron chi connectivity index (χ0n) is 21.1. The van der Waals surface area contributed by atoms with E-state index in [-0.39, 0.29) is 24.1 Å². The normalized spacial score (nSPS) is 15.6. The Bertz CT molecular complexity index is 1030. The topological polar surface area (TPSA) is 84.0 Å². The summed E-state index contributed by atoms with van der Waals surface area (Å²) in [5, 5.41) is 2.80. The van der Waals surface area contributed by atoms with Gasteiger partial charge in [-0.1, -0.05) is 30.3 Å². The number of ether oxygens (including phenoxy) is 2. The Morgan fingerprint density at radius 1 is 1.26 bits per heavy atom. The third kappa shape index (κ3) is 7.07. The molecule has 1 N–H and O–H groups in total. The van der Waals surface area contributed by atoms with Gasteiger partial charge in [0.2, 0.25) is 11.8 Å². The SMILES string of the molecule is COc1nc(N(C)CCc2ccccc2)c(F)cc1CNC(=O)[C@@H]1CCCN1C(=O)OC(C)(C)C. The van der Waals surface area contributed by atoms with Crippen LogP contribution in [0.5, 0.6) is 5.88 Å². The van der Waals surface area contributed by atoms with Crippen LogP contribution in [0, 0.1) is 5.82 Å². The van der Waals surface area contributed by atoms with E-state index >= 15 is 0 Å². The van der Waals surface area contributed by atoms with Crippen LogP contribution in [-0.2, 0) is 22.5 Å². The molecule has 9 heteroatoms. The molecule has 1 aromatic heterocycles. The minimum Gasteiger partial charge on any atom is -0.481 e. The maximum absolute atomic E-state index is 15.0. The van der Waals surface area contributed by atoms with Crippen LogP contribution in [0.1, 0.15) is 44.7 Å². The van der Waals surface area contributed by atoms with Crippen molar-refractivity contribution >= 4 is 17.8 Å². The van der Waals surface area contributed by atoms with Crippen molar-refractivity contribution in [2.75, 3.05) is 32.1 Å². The molecule has 0 aliphatic carbocycles. The van der Waals surface area contributed by atoms with Crippen LogP contribution in [0.4, 0.5) is 15.0 Å². The molecule has 8 nitrogen and oxygen atoms in total. The Labute approximate surface area is 206 Å². The van der Waals surface area contributed by atoms with Crippen LogP contribution >= 0.6 is 0 Å². The minimum absolute atomic E-state index is 0.0264. The predicted molar refractivity (Wildman–Crippen MR) is 132 cm³/mol. The molecule has 2 aromatic rings. The Kier molecular flexibility index (Phi) is 8.53. The molecule has 1 atom stereocenters. The number of likely N-dealkylation sites (tertiary alicyclic amines) is 1. The first kappa shape index (κ1) is 26.2. The second-order valence-corrected chi connectivity index (χ2v) is 9.67. The molecule has 35 heavy (non-hydrogen) atoms. The summed E-state index contributed by atoms with van der Waals surface area (Å²) in [6.45, 7) is 6.41. The first-order valence-electron chi connectivity index (χ1n) is 11.8. The molecule has 0 saturated carbocycles. The van der Waals surface area contributed by atoms with Gasteiger partial charge in [-0.3, -0.25) is 9.69 Å². The van der Waals surface area contributed by atoms with E-state index in [9.17, 15) is 14.0 Å². The number of methoxy groups -OCH3 is 1. The summed E-state index contributed by atoms with van der Waals surface area (Å²) in [6.07, 6.45) is 1.48. The summed E-state index contributed by atoms with van der Waals surface area (Å²) in [6, 6.07) is 10.7. The van der Waals surface area contributed by atoms with Crippen molar-refractivity contribution in [1.82, 2.24) is 15.2 Å². The highest BCUT2D eigenvalue weighted by Gasteiger charge is 2.36. The van der Waals surface area contributed by atoms with Crippen molar-refractivity contribution in [3.05, 3.63) is 53.3 Å². The maximum Gasteiger partial charge on any atom is 0.410 e.